The van der Waals surface area contributed by atoms with Crippen LogP contribution in [0.3, 0.4) is 0 Å². The van der Waals surface area contributed by atoms with Crippen molar-refractivity contribution >= 4 is 16.7 Å². The Morgan fingerprint density at radius 3 is 2.41 bits per heavy atom. The van der Waals surface area contributed by atoms with E-state index in [0.717, 1.165) is 16.9 Å². The number of nitrogens with zero attached hydrogens (tertiary/aromatic N) is 1. The zero-order chi connectivity index (χ0) is 18.6. The van der Waals surface area contributed by atoms with Gasteiger partial charge in [0.25, 0.3) is 0 Å². The first kappa shape index (κ1) is 17.5. The lowest BCUT2D eigenvalue weighted by Gasteiger charge is -2.09. The summed E-state index contributed by atoms with van der Waals surface area (Å²) >= 11 is 0. The van der Waals surface area contributed by atoms with Crippen LogP contribution in [0.1, 0.15) is 17.2 Å². The Morgan fingerprint density at radius 1 is 0.963 bits per heavy atom. The van der Waals surface area contributed by atoms with Gasteiger partial charge in [-0.2, -0.15) is 0 Å². The zero-order valence-electron chi connectivity index (χ0n) is 14.9. The summed E-state index contributed by atoms with van der Waals surface area (Å²) in [5.74, 6) is 1.28. The van der Waals surface area contributed by atoms with Gasteiger partial charge in [0, 0.05) is 4.90 Å². The van der Waals surface area contributed by atoms with Crippen LogP contribution in [-0.2, 0) is 15.5 Å². The molecule has 2 atom stereocenters. The number of hydrogen-bond acceptors (Lipinski definition) is 4. The van der Waals surface area contributed by atoms with Gasteiger partial charge in [0.15, 0.2) is 0 Å². The number of aliphatic imine (C=N–C) groups is 1. The van der Waals surface area contributed by atoms with Crippen LogP contribution < -0.4 is 4.74 Å². The van der Waals surface area contributed by atoms with Crippen LogP contribution in [-0.4, -0.2) is 23.8 Å². The second-order valence-electron chi connectivity index (χ2n) is 6.11. The molecule has 1 aliphatic rings. The Hall–Kier alpha value is -2.92. The van der Waals surface area contributed by atoms with E-state index in [-0.39, 0.29) is 6.04 Å². The minimum atomic E-state index is -1.34. The van der Waals surface area contributed by atoms with Crippen LogP contribution in [0.2, 0.25) is 0 Å². The van der Waals surface area contributed by atoms with Gasteiger partial charge in [-0.1, -0.05) is 42.5 Å². The Labute approximate surface area is 160 Å². The smallest absolute Gasteiger partial charge is 0.218 e. The molecule has 3 aromatic carbocycles. The first-order valence-electron chi connectivity index (χ1n) is 8.67. The molecule has 0 fully saturated rings. The largest absolute Gasteiger partial charge is 0.497 e. The van der Waals surface area contributed by atoms with Crippen LogP contribution in [0, 0.1) is 0 Å². The van der Waals surface area contributed by atoms with Gasteiger partial charge in [-0.3, -0.25) is 0 Å². The van der Waals surface area contributed by atoms with Gasteiger partial charge in [0.1, 0.15) is 18.4 Å². The molecule has 1 aliphatic heterocycles. The van der Waals surface area contributed by atoms with Crippen LogP contribution in [0.15, 0.2) is 93.6 Å². The van der Waals surface area contributed by atoms with Crippen LogP contribution in [0.25, 0.3) is 0 Å². The standard InChI is InChI=1S/C22H19NO3S/c1-25-17-11-13-18(14-12-17)27(24)21-10-6-5-9-19(21)22-23-20(15-26-22)16-7-3-2-4-8-16/h2-14,20H,15H2,1H3/t20-,27-/m0/s1. The van der Waals surface area contributed by atoms with E-state index in [1.807, 2.05) is 78.9 Å². The maximum absolute atomic E-state index is 13.1. The second-order valence-corrected chi connectivity index (χ2v) is 7.56. The molecule has 27 heavy (non-hydrogen) atoms. The van der Waals surface area contributed by atoms with E-state index in [1.54, 1.807) is 7.11 Å². The lowest BCUT2D eigenvalue weighted by Crippen LogP contribution is -2.07. The molecule has 0 bridgehead atoms. The third kappa shape index (κ3) is 3.64. The molecule has 4 nitrogen and oxygen atoms in total. The Bertz CT molecular complexity index is 984. The Balaban J connectivity index is 1.66. The third-order valence-electron chi connectivity index (χ3n) is 4.43. The van der Waals surface area contributed by atoms with Crippen molar-refractivity contribution in [3.63, 3.8) is 0 Å². The third-order valence-corrected chi connectivity index (χ3v) is 5.88. The molecule has 0 spiro atoms. The van der Waals surface area contributed by atoms with Crippen molar-refractivity contribution in [2.45, 2.75) is 15.8 Å². The fourth-order valence-corrected chi connectivity index (χ4v) is 4.19. The predicted octanol–water partition coefficient (Wildman–Crippen LogP) is 4.38. The molecule has 0 saturated carbocycles. The first-order chi connectivity index (χ1) is 13.3. The molecular weight excluding hydrogens is 358 g/mol. The lowest BCUT2D eigenvalue weighted by molar-refractivity contribution is 0.319. The normalized spacial score (nSPS) is 17.1. The van der Waals surface area contributed by atoms with Gasteiger partial charge in [-0.25, -0.2) is 9.20 Å². The van der Waals surface area contributed by atoms with Gasteiger partial charge in [-0.05, 0) is 42.0 Å². The van der Waals surface area contributed by atoms with E-state index in [4.69, 9.17) is 14.5 Å². The predicted molar refractivity (Wildman–Crippen MR) is 106 cm³/mol. The van der Waals surface area contributed by atoms with Crippen molar-refractivity contribution < 1.29 is 13.7 Å². The van der Waals surface area contributed by atoms with Crippen molar-refractivity contribution in [2.75, 3.05) is 13.7 Å². The summed E-state index contributed by atoms with van der Waals surface area (Å²) in [5.41, 5.74) is 1.88. The Kier molecular flexibility index (Phi) is 5.03. The van der Waals surface area contributed by atoms with Crippen LogP contribution >= 0.6 is 0 Å². The molecule has 1 heterocycles. The van der Waals surface area contributed by atoms with E-state index >= 15 is 0 Å². The molecule has 3 aromatic rings. The quantitative estimate of drug-likeness (QED) is 0.663. The summed E-state index contributed by atoms with van der Waals surface area (Å²) in [5, 5.41) is 0. The van der Waals surface area contributed by atoms with E-state index in [2.05, 4.69) is 0 Å². The molecule has 0 amide bonds. The van der Waals surface area contributed by atoms with Crippen molar-refractivity contribution in [3.05, 3.63) is 90.0 Å². The monoisotopic (exact) mass is 377 g/mol. The molecule has 0 aromatic heterocycles. The van der Waals surface area contributed by atoms with E-state index < -0.39 is 10.8 Å². The first-order valence-corrected chi connectivity index (χ1v) is 9.82. The lowest BCUT2D eigenvalue weighted by atomic mass is 10.1. The SMILES string of the molecule is COc1ccc([S@](=O)c2ccccc2C2=N[C@H](c3ccccc3)CO2)cc1. The minimum Gasteiger partial charge on any atom is -0.497 e. The summed E-state index contributed by atoms with van der Waals surface area (Å²) in [6.07, 6.45) is 0. The van der Waals surface area contributed by atoms with Crippen molar-refractivity contribution in [3.8, 4) is 5.75 Å². The molecule has 0 saturated heterocycles. The highest BCUT2D eigenvalue weighted by Crippen LogP contribution is 2.28. The van der Waals surface area contributed by atoms with Gasteiger partial charge in [0.2, 0.25) is 5.90 Å². The summed E-state index contributed by atoms with van der Waals surface area (Å²) in [7, 11) is 0.274. The summed E-state index contributed by atoms with van der Waals surface area (Å²) < 4.78 is 24.2. The summed E-state index contributed by atoms with van der Waals surface area (Å²) in [6, 6.07) is 24.8. The highest BCUT2D eigenvalue weighted by Gasteiger charge is 2.24. The maximum Gasteiger partial charge on any atom is 0.218 e. The van der Waals surface area contributed by atoms with Gasteiger partial charge >= 0.3 is 0 Å². The highest BCUT2D eigenvalue weighted by molar-refractivity contribution is 7.85. The molecule has 5 heteroatoms. The average Bonchev–Trinajstić information content (AvgIpc) is 3.24. The van der Waals surface area contributed by atoms with E-state index in [1.165, 1.54) is 0 Å². The maximum atomic E-state index is 13.1. The summed E-state index contributed by atoms with van der Waals surface area (Å²) in [6.45, 7) is 0.489. The van der Waals surface area contributed by atoms with E-state index in [0.29, 0.717) is 22.3 Å². The zero-order valence-corrected chi connectivity index (χ0v) is 15.7. The Morgan fingerprint density at radius 2 is 1.67 bits per heavy atom. The fourth-order valence-electron chi connectivity index (χ4n) is 3.00. The number of ether oxygens (including phenoxy) is 2. The topological polar surface area (TPSA) is 47.9 Å². The summed E-state index contributed by atoms with van der Waals surface area (Å²) in [4.78, 5) is 6.13. The van der Waals surface area contributed by atoms with Gasteiger partial charge in [0.05, 0.1) is 28.4 Å². The molecule has 4 rings (SSSR count). The molecule has 0 aliphatic carbocycles. The van der Waals surface area contributed by atoms with E-state index in [9.17, 15) is 4.21 Å². The van der Waals surface area contributed by atoms with Crippen molar-refractivity contribution in [2.24, 2.45) is 4.99 Å². The van der Waals surface area contributed by atoms with Crippen molar-refractivity contribution in [1.82, 2.24) is 0 Å². The molecular formula is C22H19NO3S. The average molecular weight is 377 g/mol. The number of methoxy groups -OCH3 is 1. The molecule has 0 radical (unpaired) electrons. The van der Waals surface area contributed by atoms with Gasteiger partial charge < -0.3 is 9.47 Å². The van der Waals surface area contributed by atoms with Crippen LogP contribution in [0.5, 0.6) is 5.75 Å². The number of hydrogen-bond donors (Lipinski definition) is 0. The fraction of sp³-hybridized carbons (Fsp3) is 0.136. The van der Waals surface area contributed by atoms with Crippen LogP contribution in [0.4, 0.5) is 0 Å². The second kappa shape index (κ2) is 7.76. The van der Waals surface area contributed by atoms with Gasteiger partial charge in [-0.15, -0.1) is 0 Å². The minimum absolute atomic E-state index is 0.0383. The molecule has 0 unspecified atom stereocenters. The van der Waals surface area contributed by atoms with Crippen molar-refractivity contribution in [1.29, 1.82) is 0 Å². The molecule has 0 N–H and O–H groups in total. The molecule has 136 valence electrons. The number of benzene rings is 3. The highest BCUT2D eigenvalue weighted by atomic mass is 32.2. The number of rotatable bonds is 5.